The summed E-state index contributed by atoms with van der Waals surface area (Å²) in [6.45, 7) is 0.638. The normalized spacial score (nSPS) is 12.0. The van der Waals surface area contributed by atoms with Gasteiger partial charge in [0.05, 0.1) is 5.69 Å². The summed E-state index contributed by atoms with van der Waals surface area (Å²) in [6, 6.07) is 8.29. The predicted octanol–water partition coefficient (Wildman–Crippen LogP) is 4.06. The van der Waals surface area contributed by atoms with E-state index in [0.717, 1.165) is 0 Å². The Morgan fingerprint density at radius 3 is 2.63 bits per heavy atom. The highest BCUT2D eigenvalue weighted by Crippen LogP contribution is 2.27. The number of ether oxygens (including phenoxy) is 2. The van der Waals surface area contributed by atoms with Crippen LogP contribution >= 0.6 is 22.9 Å². The molecule has 2 aromatic heterocycles. The van der Waals surface area contributed by atoms with Crippen LogP contribution in [0.15, 0.2) is 53.0 Å². The molecular formula is C22H20ClF3N4O4S. The van der Waals surface area contributed by atoms with E-state index in [2.05, 4.69) is 20.0 Å². The van der Waals surface area contributed by atoms with Gasteiger partial charge in [-0.2, -0.15) is 4.99 Å². The third-order valence-corrected chi connectivity index (χ3v) is 5.57. The van der Waals surface area contributed by atoms with Gasteiger partial charge in [-0.25, -0.2) is 0 Å². The Hall–Kier alpha value is -3.22. The van der Waals surface area contributed by atoms with Crippen molar-refractivity contribution in [1.82, 2.24) is 14.9 Å². The fourth-order valence-electron chi connectivity index (χ4n) is 3.01. The summed E-state index contributed by atoms with van der Waals surface area (Å²) in [5, 5.41) is 4.78. The summed E-state index contributed by atoms with van der Waals surface area (Å²) in [5.74, 6) is -1.22. The maximum Gasteiger partial charge on any atom is 0.573 e. The lowest BCUT2D eigenvalue weighted by Crippen LogP contribution is -2.29. The smallest absolute Gasteiger partial charge is 0.406 e. The number of alkyl halides is 3. The molecule has 3 aromatic rings. The van der Waals surface area contributed by atoms with Crippen molar-refractivity contribution >= 4 is 34.8 Å². The predicted molar refractivity (Wildman–Crippen MR) is 123 cm³/mol. The fraction of sp³-hybridized carbons (Fsp3) is 0.273. The van der Waals surface area contributed by atoms with Gasteiger partial charge in [-0.05, 0) is 48.4 Å². The Balaban J connectivity index is 1.89. The summed E-state index contributed by atoms with van der Waals surface area (Å²) >= 11 is 7.11. The summed E-state index contributed by atoms with van der Waals surface area (Å²) in [5.41, 5.74) is 1.29. The van der Waals surface area contributed by atoms with Crippen LogP contribution in [-0.2, 0) is 16.1 Å². The number of hydrogen-bond donors (Lipinski definition) is 1. The zero-order valence-electron chi connectivity index (χ0n) is 18.3. The quantitative estimate of drug-likeness (QED) is 0.423. The van der Waals surface area contributed by atoms with Crippen LogP contribution in [-0.4, -0.2) is 48.0 Å². The van der Waals surface area contributed by atoms with Gasteiger partial charge in [0.1, 0.15) is 18.1 Å². The molecule has 0 fully saturated rings. The summed E-state index contributed by atoms with van der Waals surface area (Å²) in [6.07, 6.45) is -2.91. The Kier molecular flexibility index (Phi) is 9.01. The highest BCUT2D eigenvalue weighted by Gasteiger charge is 2.31. The van der Waals surface area contributed by atoms with E-state index in [1.54, 1.807) is 9.95 Å². The van der Waals surface area contributed by atoms with Gasteiger partial charge in [0.2, 0.25) is 5.91 Å². The lowest BCUT2D eigenvalue weighted by molar-refractivity contribution is -0.274. The molecule has 8 nitrogen and oxygen atoms in total. The first-order chi connectivity index (χ1) is 16.7. The Bertz CT molecular complexity index is 1240. The average Bonchev–Trinajstić information content (AvgIpc) is 3.18. The number of nitrogens with zero attached hydrogens (tertiary/aromatic N) is 3. The number of pyridine rings is 1. The molecule has 0 aliphatic rings. The number of carbonyl (C=O) groups is 2. The van der Waals surface area contributed by atoms with Crippen LogP contribution in [0.5, 0.6) is 5.75 Å². The molecule has 1 aromatic carbocycles. The van der Waals surface area contributed by atoms with Crippen molar-refractivity contribution in [2.24, 2.45) is 4.99 Å². The maximum absolute atomic E-state index is 12.6. The molecule has 3 rings (SSSR count). The number of aromatic nitrogens is 2. The molecule has 35 heavy (non-hydrogen) atoms. The molecule has 2 heterocycles. The molecule has 0 aliphatic carbocycles. The van der Waals surface area contributed by atoms with Gasteiger partial charge in [-0.15, -0.1) is 24.5 Å². The summed E-state index contributed by atoms with van der Waals surface area (Å²) in [4.78, 5) is 32.8. The molecule has 0 bridgehead atoms. The van der Waals surface area contributed by atoms with Crippen LogP contribution in [0.3, 0.4) is 0 Å². The van der Waals surface area contributed by atoms with E-state index >= 15 is 0 Å². The van der Waals surface area contributed by atoms with Crippen molar-refractivity contribution in [2.75, 3.05) is 20.3 Å². The van der Waals surface area contributed by atoms with Crippen molar-refractivity contribution in [3.05, 3.63) is 63.5 Å². The summed E-state index contributed by atoms with van der Waals surface area (Å²) < 4.78 is 47.9. The highest BCUT2D eigenvalue weighted by atomic mass is 35.5. The summed E-state index contributed by atoms with van der Waals surface area (Å²) in [7, 11) is 1.41. The minimum atomic E-state index is -4.79. The van der Waals surface area contributed by atoms with Crippen molar-refractivity contribution in [2.45, 2.75) is 19.3 Å². The van der Waals surface area contributed by atoms with Gasteiger partial charge in [0.15, 0.2) is 4.80 Å². The molecule has 0 radical (unpaired) electrons. The van der Waals surface area contributed by atoms with E-state index in [0.29, 0.717) is 40.6 Å². The first-order valence-electron chi connectivity index (χ1n) is 10.2. The van der Waals surface area contributed by atoms with Gasteiger partial charge in [-0.1, -0.05) is 11.6 Å². The largest absolute Gasteiger partial charge is 0.573 e. The number of methoxy groups -OCH3 is 1. The molecule has 0 unspecified atom stereocenters. The second-order valence-electron chi connectivity index (χ2n) is 7.04. The molecular weight excluding hydrogens is 509 g/mol. The fourth-order valence-corrected chi connectivity index (χ4v) is 4.10. The Morgan fingerprint density at radius 1 is 1.23 bits per heavy atom. The first kappa shape index (κ1) is 26.4. The van der Waals surface area contributed by atoms with E-state index in [-0.39, 0.29) is 24.0 Å². The number of halogens is 4. The van der Waals surface area contributed by atoms with E-state index in [4.69, 9.17) is 16.3 Å². The molecule has 186 valence electrons. The van der Waals surface area contributed by atoms with Gasteiger partial charge in [-0.3, -0.25) is 14.6 Å². The van der Waals surface area contributed by atoms with Crippen LogP contribution in [0.25, 0.3) is 11.3 Å². The molecule has 13 heteroatoms. The van der Waals surface area contributed by atoms with E-state index in [1.165, 1.54) is 61.0 Å². The van der Waals surface area contributed by atoms with Gasteiger partial charge >= 0.3 is 6.36 Å². The number of thiazole rings is 1. The van der Waals surface area contributed by atoms with Crippen molar-refractivity contribution in [3.63, 3.8) is 0 Å². The average molecular weight is 529 g/mol. The third kappa shape index (κ3) is 7.91. The van der Waals surface area contributed by atoms with Gasteiger partial charge in [0.25, 0.3) is 5.91 Å². The lowest BCUT2D eigenvalue weighted by Gasteiger charge is -2.12. The van der Waals surface area contributed by atoms with Crippen molar-refractivity contribution in [3.8, 4) is 17.0 Å². The number of hydrogen-bond acceptors (Lipinski definition) is 6. The number of nitrogens with one attached hydrogen (secondary N) is 1. The molecule has 0 atom stereocenters. The van der Waals surface area contributed by atoms with Crippen LogP contribution in [0.4, 0.5) is 13.2 Å². The molecule has 1 N–H and O–H groups in total. The zero-order valence-corrected chi connectivity index (χ0v) is 19.9. The SMILES string of the molecule is COCC(=O)NCCCn1c(-c2ccc(OC(F)(F)F)cc2)csc1=NC(=O)c1cc(Cl)ccn1. The van der Waals surface area contributed by atoms with Crippen LogP contribution < -0.4 is 14.9 Å². The van der Waals surface area contributed by atoms with Crippen LogP contribution in [0, 0.1) is 0 Å². The second-order valence-corrected chi connectivity index (χ2v) is 8.31. The number of amides is 2. The molecule has 0 aliphatic heterocycles. The number of carbonyl (C=O) groups excluding carboxylic acids is 2. The molecule has 0 saturated heterocycles. The second kappa shape index (κ2) is 12.0. The standard InChI is InChI=1S/C22H20ClF3N4O4S/c1-33-12-19(31)28-8-2-10-30-18(14-3-5-16(6-4-14)34-22(24,25)26)13-35-21(30)29-20(32)17-11-15(23)7-9-27-17/h3-7,9,11,13H,2,8,10,12H2,1H3,(H,28,31). The lowest BCUT2D eigenvalue weighted by atomic mass is 10.1. The van der Waals surface area contributed by atoms with E-state index < -0.39 is 12.3 Å². The minimum Gasteiger partial charge on any atom is -0.406 e. The Morgan fingerprint density at radius 2 is 1.97 bits per heavy atom. The molecule has 2 amide bonds. The van der Waals surface area contributed by atoms with Crippen molar-refractivity contribution < 1.29 is 32.2 Å². The van der Waals surface area contributed by atoms with Gasteiger partial charge < -0.3 is 19.4 Å². The maximum atomic E-state index is 12.6. The minimum absolute atomic E-state index is 0.0646. The van der Waals surface area contributed by atoms with Crippen LogP contribution in [0.1, 0.15) is 16.9 Å². The monoisotopic (exact) mass is 528 g/mol. The van der Waals surface area contributed by atoms with Gasteiger partial charge in [0, 0.05) is 36.8 Å². The van der Waals surface area contributed by atoms with E-state index in [1.807, 2.05) is 0 Å². The van der Waals surface area contributed by atoms with Crippen molar-refractivity contribution in [1.29, 1.82) is 0 Å². The third-order valence-electron chi connectivity index (χ3n) is 4.48. The molecule has 0 spiro atoms. The zero-order chi connectivity index (χ0) is 25.4. The Labute approximate surface area is 207 Å². The topological polar surface area (TPSA) is 94.8 Å². The molecule has 0 saturated carbocycles. The first-order valence-corrected chi connectivity index (χ1v) is 11.4. The van der Waals surface area contributed by atoms with E-state index in [9.17, 15) is 22.8 Å². The highest BCUT2D eigenvalue weighted by molar-refractivity contribution is 7.07. The number of benzene rings is 1. The number of rotatable bonds is 9. The van der Waals surface area contributed by atoms with Crippen LogP contribution in [0.2, 0.25) is 5.02 Å².